The van der Waals surface area contributed by atoms with Gasteiger partial charge in [-0.2, -0.15) is 5.10 Å². The van der Waals surface area contributed by atoms with E-state index < -0.39 is 0 Å². The van der Waals surface area contributed by atoms with E-state index in [2.05, 4.69) is 51.5 Å². The summed E-state index contributed by atoms with van der Waals surface area (Å²) in [7, 11) is 0. The maximum absolute atomic E-state index is 6.10. The fourth-order valence-corrected chi connectivity index (χ4v) is 3.49. The minimum Gasteiger partial charge on any atom is -0.485 e. The Balaban J connectivity index is 1.68. The molecule has 4 rings (SSSR count). The van der Waals surface area contributed by atoms with E-state index in [1.54, 1.807) is 23.7 Å². The van der Waals surface area contributed by atoms with Crippen LogP contribution in [0.3, 0.4) is 0 Å². The largest absolute Gasteiger partial charge is 0.485 e. The molecule has 0 aliphatic heterocycles. The lowest BCUT2D eigenvalue weighted by Crippen LogP contribution is -2.00. The van der Waals surface area contributed by atoms with Gasteiger partial charge in [-0.15, -0.1) is 11.3 Å². The molecular formula is C20H21N5OS. The smallest absolute Gasteiger partial charge is 0.188 e. The maximum Gasteiger partial charge on any atom is 0.188 e. The second kappa shape index (κ2) is 7.75. The third-order valence-corrected chi connectivity index (χ3v) is 4.79. The predicted octanol–water partition coefficient (Wildman–Crippen LogP) is 4.94. The van der Waals surface area contributed by atoms with E-state index in [4.69, 9.17) is 4.74 Å². The zero-order chi connectivity index (χ0) is 18.6. The van der Waals surface area contributed by atoms with E-state index in [0.29, 0.717) is 12.5 Å². The summed E-state index contributed by atoms with van der Waals surface area (Å²) in [6, 6.07) is 10.1. The Morgan fingerprint density at radius 1 is 1.19 bits per heavy atom. The quantitative estimate of drug-likeness (QED) is 0.476. The number of nitrogens with one attached hydrogen (secondary N) is 2. The molecule has 3 aromatic heterocycles. The van der Waals surface area contributed by atoms with Crippen molar-refractivity contribution in [3.8, 4) is 5.75 Å². The van der Waals surface area contributed by atoms with Crippen molar-refractivity contribution in [2.75, 3.05) is 5.32 Å². The minimum absolute atomic E-state index is 0.412. The number of benzene rings is 1. The van der Waals surface area contributed by atoms with Crippen molar-refractivity contribution >= 4 is 33.2 Å². The van der Waals surface area contributed by atoms with E-state index in [9.17, 15) is 0 Å². The van der Waals surface area contributed by atoms with Crippen LogP contribution in [0.4, 0.5) is 10.9 Å². The summed E-state index contributed by atoms with van der Waals surface area (Å²) < 4.78 is 6.10. The summed E-state index contributed by atoms with van der Waals surface area (Å²) in [6.07, 6.45) is 4.51. The summed E-state index contributed by atoms with van der Waals surface area (Å²) in [6.45, 7) is 4.83. The molecule has 0 spiro atoms. The van der Waals surface area contributed by atoms with E-state index in [1.165, 1.54) is 5.56 Å². The number of fused-ring (bicyclic) bond motifs is 1. The number of aromatic amines is 1. The Bertz CT molecular complexity index is 1010. The second-order valence-corrected chi connectivity index (χ2v) is 7.65. The van der Waals surface area contributed by atoms with E-state index in [1.807, 2.05) is 23.6 Å². The second-order valence-electron chi connectivity index (χ2n) is 6.76. The molecule has 27 heavy (non-hydrogen) atoms. The molecule has 0 atom stereocenters. The van der Waals surface area contributed by atoms with Crippen LogP contribution in [0.25, 0.3) is 10.9 Å². The fraction of sp³-hybridized carbons (Fsp3) is 0.250. The molecule has 0 amide bonds. The van der Waals surface area contributed by atoms with Crippen LogP contribution >= 0.6 is 11.3 Å². The normalized spacial score (nSPS) is 11.2. The molecule has 0 saturated carbocycles. The van der Waals surface area contributed by atoms with Crippen LogP contribution in [-0.4, -0.2) is 20.2 Å². The highest BCUT2D eigenvalue weighted by atomic mass is 32.1. The van der Waals surface area contributed by atoms with Crippen LogP contribution in [0.15, 0.2) is 48.1 Å². The SMILES string of the molecule is CC(C)Cc1cc(OCc2ccccn2)c2[nH]nc(Nc3nccs3)c2c1. The molecule has 7 heteroatoms. The van der Waals surface area contributed by atoms with Crippen LogP contribution in [0.5, 0.6) is 5.75 Å². The van der Waals surface area contributed by atoms with Gasteiger partial charge in [-0.05, 0) is 42.2 Å². The number of thiazole rings is 1. The topological polar surface area (TPSA) is 75.7 Å². The van der Waals surface area contributed by atoms with Crippen molar-refractivity contribution in [1.82, 2.24) is 20.2 Å². The Morgan fingerprint density at radius 3 is 2.85 bits per heavy atom. The number of nitrogens with zero attached hydrogens (tertiary/aromatic N) is 3. The first-order valence-electron chi connectivity index (χ1n) is 8.89. The monoisotopic (exact) mass is 379 g/mol. The van der Waals surface area contributed by atoms with Gasteiger partial charge in [0.25, 0.3) is 0 Å². The van der Waals surface area contributed by atoms with Crippen LogP contribution in [-0.2, 0) is 13.0 Å². The van der Waals surface area contributed by atoms with Gasteiger partial charge in [0.1, 0.15) is 17.9 Å². The van der Waals surface area contributed by atoms with Crippen LogP contribution in [0.1, 0.15) is 25.1 Å². The van der Waals surface area contributed by atoms with Gasteiger partial charge in [0.05, 0.1) is 5.69 Å². The van der Waals surface area contributed by atoms with E-state index >= 15 is 0 Å². The molecule has 4 aromatic rings. The Labute approximate surface area is 161 Å². The molecule has 3 heterocycles. The minimum atomic E-state index is 0.412. The molecule has 0 fully saturated rings. The number of anilines is 2. The third kappa shape index (κ3) is 4.09. The first-order chi connectivity index (χ1) is 13.2. The average molecular weight is 379 g/mol. The van der Waals surface area contributed by atoms with Crippen LogP contribution in [0, 0.1) is 5.92 Å². The summed E-state index contributed by atoms with van der Waals surface area (Å²) in [5, 5.41) is 14.6. The number of rotatable bonds is 7. The Kier molecular flexibility index (Phi) is 5.02. The molecule has 1 aromatic carbocycles. The molecule has 0 bridgehead atoms. The van der Waals surface area contributed by atoms with Gasteiger partial charge < -0.3 is 10.1 Å². The van der Waals surface area contributed by atoms with E-state index in [-0.39, 0.29) is 0 Å². The number of pyridine rings is 1. The summed E-state index contributed by atoms with van der Waals surface area (Å²) in [5.41, 5.74) is 2.98. The van der Waals surface area contributed by atoms with Crippen LogP contribution < -0.4 is 10.1 Å². The number of ether oxygens (including phenoxy) is 1. The van der Waals surface area contributed by atoms with E-state index in [0.717, 1.165) is 39.7 Å². The molecule has 2 N–H and O–H groups in total. The number of hydrogen-bond donors (Lipinski definition) is 2. The highest BCUT2D eigenvalue weighted by Crippen LogP contribution is 2.33. The molecular weight excluding hydrogens is 358 g/mol. The third-order valence-electron chi connectivity index (χ3n) is 4.10. The number of aromatic nitrogens is 4. The highest BCUT2D eigenvalue weighted by Gasteiger charge is 2.14. The summed E-state index contributed by atoms with van der Waals surface area (Å²) in [5.74, 6) is 2.09. The molecule has 0 unspecified atom stereocenters. The van der Waals surface area contributed by atoms with Gasteiger partial charge in [-0.1, -0.05) is 19.9 Å². The molecule has 0 aliphatic rings. The molecule has 138 valence electrons. The van der Waals surface area contributed by atoms with Crippen molar-refractivity contribution in [1.29, 1.82) is 0 Å². The van der Waals surface area contributed by atoms with Crippen molar-refractivity contribution in [2.45, 2.75) is 26.9 Å². The van der Waals surface area contributed by atoms with Gasteiger partial charge in [-0.3, -0.25) is 10.1 Å². The van der Waals surface area contributed by atoms with Crippen molar-refractivity contribution < 1.29 is 4.74 Å². The van der Waals surface area contributed by atoms with Gasteiger partial charge in [0.15, 0.2) is 10.9 Å². The number of hydrogen-bond acceptors (Lipinski definition) is 6. The van der Waals surface area contributed by atoms with Crippen molar-refractivity contribution in [3.63, 3.8) is 0 Å². The molecule has 0 aliphatic carbocycles. The average Bonchev–Trinajstić information content (AvgIpc) is 3.31. The van der Waals surface area contributed by atoms with Crippen molar-refractivity contribution in [2.24, 2.45) is 5.92 Å². The molecule has 0 saturated heterocycles. The first-order valence-corrected chi connectivity index (χ1v) is 9.77. The first kappa shape index (κ1) is 17.5. The maximum atomic E-state index is 6.10. The lowest BCUT2D eigenvalue weighted by molar-refractivity contribution is 0.304. The Hall–Kier alpha value is -2.93. The standard InChI is InChI=1S/C20H21N5OS/c1-13(2)9-14-10-16-18(24-25-19(16)23-20-22-7-8-27-20)17(11-14)26-12-15-5-3-4-6-21-15/h3-8,10-11,13H,9,12H2,1-2H3,(H2,22,23,24,25). The zero-order valence-electron chi connectivity index (χ0n) is 15.3. The van der Waals surface area contributed by atoms with Gasteiger partial charge in [0.2, 0.25) is 0 Å². The van der Waals surface area contributed by atoms with Gasteiger partial charge >= 0.3 is 0 Å². The zero-order valence-corrected chi connectivity index (χ0v) is 16.1. The summed E-state index contributed by atoms with van der Waals surface area (Å²) >= 11 is 1.54. The van der Waals surface area contributed by atoms with Crippen molar-refractivity contribution in [3.05, 3.63) is 59.4 Å². The predicted molar refractivity (Wildman–Crippen MR) is 109 cm³/mol. The van der Waals surface area contributed by atoms with Gasteiger partial charge in [-0.25, -0.2) is 4.98 Å². The Morgan fingerprint density at radius 2 is 2.11 bits per heavy atom. The lowest BCUT2D eigenvalue weighted by atomic mass is 10.0. The van der Waals surface area contributed by atoms with Gasteiger partial charge in [0, 0.05) is 23.2 Å². The summed E-state index contributed by atoms with van der Waals surface area (Å²) in [4.78, 5) is 8.61. The number of H-pyrrole nitrogens is 1. The molecule has 0 radical (unpaired) electrons. The van der Waals surface area contributed by atoms with Crippen LogP contribution in [0.2, 0.25) is 0 Å². The fourth-order valence-electron chi connectivity index (χ4n) is 2.97. The molecule has 6 nitrogen and oxygen atoms in total. The lowest BCUT2D eigenvalue weighted by Gasteiger charge is -2.11. The highest BCUT2D eigenvalue weighted by molar-refractivity contribution is 7.13.